The fourth-order valence-corrected chi connectivity index (χ4v) is 2.14. The first-order valence-corrected chi connectivity index (χ1v) is 7.47. The van der Waals surface area contributed by atoms with Crippen LogP contribution in [0.15, 0.2) is 46.9 Å². The third kappa shape index (κ3) is 4.27. The number of hydrogen-bond donors (Lipinski definition) is 1. The van der Waals surface area contributed by atoms with Crippen LogP contribution in [0.4, 0.5) is 14.5 Å². The van der Waals surface area contributed by atoms with Gasteiger partial charge < -0.3 is 10.1 Å². The summed E-state index contributed by atoms with van der Waals surface area (Å²) in [5, 5.41) is 2.49. The summed E-state index contributed by atoms with van der Waals surface area (Å²) in [6.07, 6.45) is -0.407. The molecular formula is C16H14BrF2NO2. The van der Waals surface area contributed by atoms with Crippen LogP contribution in [0.25, 0.3) is 0 Å². The lowest BCUT2D eigenvalue weighted by Crippen LogP contribution is -2.32. The van der Waals surface area contributed by atoms with Crippen LogP contribution in [0.5, 0.6) is 5.75 Å². The van der Waals surface area contributed by atoms with Crippen LogP contribution in [-0.2, 0) is 4.79 Å². The summed E-state index contributed by atoms with van der Waals surface area (Å²) >= 11 is 3.15. The molecule has 0 aliphatic heterocycles. The minimum atomic E-state index is -0.798. The van der Waals surface area contributed by atoms with Gasteiger partial charge in [0.2, 0.25) is 0 Å². The average molecular weight is 370 g/mol. The van der Waals surface area contributed by atoms with E-state index in [9.17, 15) is 13.6 Å². The Morgan fingerprint density at radius 3 is 2.50 bits per heavy atom. The molecule has 0 aromatic heterocycles. The number of rotatable bonds is 5. The highest BCUT2D eigenvalue weighted by Gasteiger charge is 2.19. The van der Waals surface area contributed by atoms with Gasteiger partial charge in [0.1, 0.15) is 17.4 Å². The Bertz CT molecular complexity index is 662. The predicted octanol–water partition coefficient (Wildman–Crippen LogP) is 4.52. The number of carbonyl (C=O) groups is 1. The Kier molecular flexibility index (Phi) is 5.49. The van der Waals surface area contributed by atoms with Crippen molar-refractivity contribution in [3.05, 3.63) is 58.6 Å². The minimum absolute atomic E-state index is 0.0781. The Balaban J connectivity index is 2.06. The summed E-state index contributed by atoms with van der Waals surface area (Å²) in [4.78, 5) is 12.2. The molecule has 0 unspecified atom stereocenters. The fraction of sp³-hybridized carbons (Fsp3) is 0.188. The molecule has 2 aromatic rings. The summed E-state index contributed by atoms with van der Waals surface area (Å²) in [6.45, 7) is 1.77. The van der Waals surface area contributed by atoms with E-state index in [1.807, 2.05) is 0 Å². The Hall–Kier alpha value is -1.95. The largest absolute Gasteiger partial charge is 0.481 e. The van der Waals surface area contributed by atoms with Gasteiger partial charge in [-0.25, -0.2) is 8.78 Å². The van der Waals surface area contributed by atoms with Crippen molar-refractivity contribution in [2.24, 2.45) is 0 Å². The van der Waals surface area contributed by atoms with Gasteiger partial charge in [0, 0.05) is 4.47 Å². The van der Waals surface area contributed by atoms with Crippen molar-refractivity contribution in [3.63, 3.8) is 0 Å². The summed E-state index contributed by atoms with van der Waals surface area (Å²) in [5.74, 6) is -1.02. The van der Waals surface area contributed by atoms with Crippen LogP contribution in [0, 0.1) is 11.6 Å². The molecule has 2 rings (SSSR count). The van der Waals surface area contributed by atoms with E-state index in [0.717, 1.165) is 0 Å². The molecule has 1 N–H and O–H groups in total. The van der Waals surface area contributed by atoms with E-state index < -0.39 is 17.8 Å². The van der Waals surface area contributed by atoms with Crippen LogP contribution in [-0.4, -0.2) is 12.0 Å². The number of carbonyl (C=O) groups excluding carboxylic acids is 1. The monoisotopic (exact) mass is 369 g/mol. The minimum Gasteiger partial charge on any atom is -0.481 e. The third-order valence-corrected chi connectivity index (χ3v) is 3.44. The van der Waals surface area contributed by atoms with Crippen molar-refractivity contribution < 1.29 is 18.3 Å². The molecule has 0 aliphatic carbocycles. The van der Waals surface area contributed by atoms with Gasteiger partial charge in [0.25, 0.3) is 5.91 Å². The zero-order valence-electron chi connectivity index (χ0n) is 11.8. The first-order chi connectivity index (χ1) is 10.5. The zero-order chi connectivity index (χ0) is 16.1. The Labute approximate surface area is 135 Å². The van der Waals surface area contributed by atoms with Gasteiger partial charge in [-0.2, -0.15) is 0 Å². The zero-order valence-corrected chi connectivity index (χ0v) is 13.4. The van der Waals surface area contributed by atoms with Crippen molar-refractivity contribution >= 4 is 27.5 Å². The maximum absolute atomic E-state index is 13.7. The van der Waals surface area contributed by atoms with Crippen molar-refractivity contribution in [3.8, 4) is 5.75 Å². The average Bonchev–Trinajstić information content (AvgIpc) is 2.49. The van der Waals surface area contributed by atoms with Gasteiger partial charge >= 0.3 is 0 Å². The standard InChI is InChI=1S/C16H14BrF2NO2/c1-2-15(22-12-6-4-11(18)5-7-12)16(21)20-14-8-3-10(17)9-13(14)19/h3-9,15H,2H2,1H3,(H,20,21)/t15-/m1/s1. The van der Waals surface area contributed by atoms with E-state index in [1.165, 1.54) is 36.4 Å². The molecule has 6 heteroatoms. The quantitative estimate of drug-likeness (QED) is 0.840. The molecule has 116 valence electrons. The summed E-state index contributed by atoms with van der Waals surface area (Å²) < 4.78 is 32.7. The molecular weight excluding hydrogens is 356 g/mol. The maximum atomic E-state index is 13.7. The molecule has 3 nitrogen and oxygen atoms in total. The lowest BCUT2D eigenvalue weighted by atomic mass is 10.2. The van der Waals surface area contributed by atoms with Crippen molar-refractivity contribution in [1.29, 1.82) is 0 Å². The normalized spacial score (nSPS) is 11.8. The lowest BCUT2D eigenvalue weighted by molar-refractivity contribution is -0.122. The summed E-state index contributed by atoms with van der Waals surface area (Å²) in [6, 6.07) is 9.71. The molecule has 0 saturated carbocycles. The van der Waals surface area contributed by atoms with Gasteiger partial charge in [-0.1, -0.05) is 22.9 Å². The van der Waals surface area contributed by atoms with Gasteiger partial charge in [-0.15, -0.1) is 0 Å². The van der Waals surface area contributed by atoms with E-state index in [1.54, 1.807) is 13.0 Å². The van der Waals surface area contributed by atoms with E-state index in [4.69, 9.17) is 4.74 Å². The van der Waals surface area contributed by atoms with Crippen LogP contribution in [0.1, 0.15) is 13.3 Å². The topological polar surface area (TPSA) is 38.3 Å². The first kappa shape index (κ1) is 16.4. The highest BCUT2D eigenvalue weighted by atomic mass is 79.9. The fourth-order valence-electron chi connectivity index (χ4n) is 1.80. The van der Waals surface area contributed by atoms with Gasteiger partial charge in [0.15, 0.2) is 6.10 Å². The highest BCUT2D eigenvalue weighted by molar-refractivity contribution is 9.10. The lowest BCUT2D eigenvalue weighted by Gasteiger charge is -2.17. The molecule has 1 amide bonds. The number of halogens is 3. The van der Waals surface area contributed by atoms with Crippen LogP contribution in [0.2, 0.25) is 0 Å². The number of benzene rings is 2. The van der Waals surface area contributed by atoms with E-state index in [0.29, 0.717) is 16.6 Å². The Morgan fingerprint density at radius 2 is 1.91 bits per heavy atom. The Morgan fingerprint density at radius 1 is 1.23 bits per heavy atom. The molecule has 0 fully saturated rings. The molecule has 22 heavy (non-hydrogen) atoms. The van der Waals surface area contributed by atoms with Crippen LogP contribution < -0.4 is 10.1 Å². The number of hydrogen-bond acceptors (Lipinski definition) is 2. The van der Waals surface area contributed by atoms with Gasteiger partial charge in [0.05, 0.1) is 5.69 Å². The second kappa shape index (κ2) is 7.35. The first-order valence-electron chi connectivity index (χ1n) is 6.67. The van der Waals surface area contributed by atoms with Crippen molar-refractivity contribution in [1.82, 2.24) is 0 Å². The van der Waals surface area contributed by atoms with Crippen molar-refractivity contribution in [2.45, 2.75) is 19.4 Å². The van der Waals surface area contributed by atoms with Gasteiger partial charge in [-0.3, -0.25) is 4.79 Å². The van der Waals surface area contributed by atoms with Crippen LogP contribution in [0.3, 0.4) is 0 Å². The highest BCUT2D eigenvalue weighted by Crippen LogP contribution is 2.20. The molecule has 0 saturated heterocycles. The second-order valence-corrected chi connectivity index (χ2v) is 5.50. The van der Waals surface area contributed by atoms with Crippen LogP contribution >= 0.6 is 15.9 Å². The molecule has 0 spiro atoms. The smallest absolute Gasteiger partial charge is 0.265 e. The van der Waals surface area contributed by atoms with Gasteiger partial charge in [-0.05, 0) is 48.9 Å². The number of nitrogens with one attached hydrogen (secondary N) is 1. The summed E-state index contributed by atoms with van der Waals surface area (Å²) in [7, 11) is 0. The maximum Gasteiger partial charge on any atom is 0.265 e. The SMILES string of the molecule is CC[C@@H](Oc1ccc(F)cc1)C(=O)Nc1ccc(Br)cc1F. The number of anilines is 1. The molecule has 0 heterocycles. The molecule has 2 aromatic carbocycles. The molecule has 0 radical (unpaired) electrons. The van der Waals surface area contributed by atoms with Crippen molar-refractivity contribution in [2.75, 3.05) is 5.32 Å². The van der Waals surface area contributed by atoms with E-state index in [2.05, 4.69) is 21.2 Å². The second-order valence-electron chi connectivity index (χ2n) is 4.58. The molecule has 0 bridgehead atoms. The van der Waals surface area contributed by atoms with E-state index in [-0.39, 0.29) is 11.5 Å². The van der Waals surface area contributed by atoms with E-state index >= 15 is 0 Å². The number of ether oxygens (including phenoxy) is 1. The molecule has 0 aliphatic rings. The molecule has 1 atom stereocenters. The number of amides is 1. The predicted molar refractivity (Wildman–Crippen MR) is 83.8 cm³/mol. The summed E-state index contributed by atoms with van der Waals surface area (Å²) in [5.41, 5.74) is 0.0781. The third-order valence-electron chi connectivity index (χ3n) is 2.94.